The van der Waals surface area contributed by atoms with Gasteiger partial charge in [0.25, 0.3) is 0 Å². The molecule has 1 aliphatic heterocycles. The number of benzene rings is 1. The van der Waals surface area contributed by atoms with Crippen molar-refractivity contribution in [3.05, 3.63) is 59.9 Å². The average molecular weight is 356 g/mol. The van der Waals surface area contributed by atoms with Gasteiger partial charge in [0.1, 0.15) is 18.0 Å². The van der Waals surface area contributed by atoms with Gasteiger partial charge in [0.2, 0.25) is 5.91 Å². The second-order valence-electron chi connectivity index (χ2n) is 6.70. The molecule has 1 aromatic heterocycles. The molecule has 2 aromatic rings. The average Bonchev–Trinajstić information content (AvgIpc) is 2.85. The Labute approximate surface area is 153 Å². The van der Waals surface area contributed by atoms with Crippen LogP contribution in [0.2, 0.25) is 0 Å². The smallest absolute Gasteiger partial charge is 0.228 e. The van der Waals surface area contributed by atoms with E-state index in [9.17, 15) is 9.90 Å². The number of hydrogen-bond donors (Lipinski definition) is 1. The number of β-amino-alcohol motifs (C(OH)–C–C–N with tert-alkyl or cyclic N) is 1. The minimum atomic E-state index is -1.25. The number of rotatable bonds is 5. The molecule has 1 fully saturated rings. The van der Waals surface area contributed by atoms with Crippen LogP contribution in [0, 0.1) is 6.92 Å². The van der Waals surface area contributed by atoms with Crippen LogP contribution in [0.3, 0.4) is 0 Å². The van der Waals surface area contributed by atoms with Gasteiger partial charge in [-0.05, 0) is 30.7 Å². The fourth-order valence-electron chi connectivity index (χ4n) is 2.82. The summed E-state index contributed by atoms with van der Waals surface area (Å²) in [6.07, 6.45) is 1.95. The lowest BCUT2D eigenvalue weighted by Gasteiger charge is -2.30. The van der Waals surface area contributed by atoms with E-state index in [1.165, 1.54) is 0 Å². The number of carbonyl (C=O) groups is 1. The molecule has 1 amide bonds. The Bertz CT molecular complexity index is 720. The number of ether oxygens (including phenoxy) is 2. The molecule has 1 aliphatic rings. The molecular formula is C20H24N2O4. The summed E-state index contributed by atoms with van der Waals surface area (Å²) in [4.78, 5) is 18.6. The van der Waals surface area contributed by atoms with Gasteiger partial charge >= 0.3 is 0 Å². The zero-order valence-electron chi connectivity index (χ0n) is 14.9. The number of amides is 1. The van der Waals surface area contributed by atoms with E-state index in [0.717, 1.165) is 11.3 Å². The molecule has 26 heavy (non-hydrogen) atoms. The van der Waals surface area contributed by atoms with Crippen LogP contribution in [0.5, 0.6) is 5.75 Å². The maximum atomic E-state index is 12.6. The van der Waals surface area contributed by atoms with Gasteiger partial charge in [0.15, 0.2) is 0 Å². The molecule has 0 bridgehead atoms. The van der Waals surface area contributed by atoms with Gasteiger partial charge in [-0.3, -0.25) is 9.78 Å². The standard InChI is InChI=1S/C20H24N2O4/c1-16-7-8-17(21-12-16)11-19(23)22-9-10-25-14-20(24,13-22)15-26-18-5-3-2-4-6-18/h2-8,12,24H,9-11,13-15H2,1H3/t20-/m1/s1. The first-order valence-electron chi connectivity index (χ1n) is 8.71. The molecule has 3 rings (SSSR count). The summed E-state index contributed by atoms with van der Waals surface area (Å²) in [5.74, 6) is 0.594. The normalized spacial score (nSPS) is 20.5. The summed E-state index contributed by atoms with van der Waals surface area (Å²) in [6, 6.07) is 13.1. The van der Waals surface area contributed by atoms with E-state index in [2.05, 4.69) is 4.98 Å². The van der Waals surface area contributed by atoms with Gasteiger partial charge in [-0.25, -0.2) is 0 Å². The first-order valence-corrected chi connectivity index (χ1v) is 8.71. The Kier molecular flexibility index (Phi) is 5.85. The predicted octanol–water partition coefficient (Wildman–Crippen LogP) is 1.60. The number of aromatic nitrogens is 1. The van der Waals surface area contributed by atoms with Gasteiger partial charge in [0, 0.05) is 18.4 Å². The molecule has 1 atom stereocenters. The number of pyridine rings is 1. The van der Waals surface area contributed by atoms with Crippen LogP contribution < -0.4 is 4.74 Å². The molecule has 0 radical (unpaired) electrons. The van der Waals surface area contributed by atoms with Crippen molar-refractivity contribution in [2.24, 2.45) is 0 Å². The second-order valence-corrected chi connectivity index (χ2v) is 6.70. The topological polar surface area (TPSA) is 71.9 Å². The van der Waals surface area contributed by atoms with E-state index in [4.69, 9.17) is 9.47 Å². The number of carbonyl (C=O) groups excluding carboxylic acids is 1. The van der Waals surface area contributed by atoms with E-state index >= 15 is 0 Å². The van der Waals surface area contributed by atoms with Crippen molar-refractivity contribution in [3.8, 4) is 5.75 Å². The van der Waals surface area contributed by atoms with E-state index in [1.807, 2.05) is 49.4 Å². The fraction of sp³-hybridized carbons (Fsp3) is 0.400. The van der Waals surface area contributed by atoms with Crippen molar-refractivity contribution in [2.75, 3.05) is 32.9 Å². The van der Waals surface area contributed by atoms with Crippen molar-refractivity contribution in [1.82, 2.24) is 9.88 Å². The van der Waals surface area contributed by atoms with Gasteiger partial charge in [0.05, 0.1) is 26.2 Å². The Morgan fingerprint density at radius 1 is 1.31 bits per heavy atom. The number of para-hydroxylation sites is 1. The van der Waals surface area contributed by atoms with Gasteiger partial charge in [-0.2, -0.15) is 0 Å². The van der Waals surface area contributed by atoms with Crippen molar-refractivity contribution in [3.63, 3.8) is 0 Å². The number of nitrogens with zero attached hydrogens (tertiary/aromatic N) is 2. The van der Waals surface area contributed by atoms with Crippen molar-refractivity contribution < 1.29 is 19.4 Å². The molecule has 6 heteroatoms. The van der Waals surface area contributed by atoms with Crippen LogP contribution in [0.1, 0.15) is 11.3 Å². The molecule has 0 unspecified atom stereocenters. The van der Waals surface area contributed by atoms with Crippen molar-refractivity contribution in [2.45, 2.75) is 18.9 Å². The molecule has 1 N–H and O–H groups in total. The number of hydrogen-bond acceptors (Lipinski definition) is 5. The largest absolute Gasteiger partial charge is 0.490 e. The molecule has 2 heterocycles. The second kappa shape index (κ2) is 8.29. The van der Waals surface area contributed by atoms with Gasteiger partial charge < -0.3 is 19.5 Å². The zero-order chi connectivity index (χ0) is 18.4. The highest BCUT2D eigenvalue weighted by Crippen LogP contribution is 2.17. The van der Waals surface area contributed by atoms with Crippen LogP contribution in [0.4, 0.5) is 0 Å². The lowest BCUT2D eigenvalue weighted by atomic mass is 10.1. The molecule has 0 saturated carbocycles. The first-order chi connectivity index (χ1) is 12.5. The van der Waals surface area contributed by atoms with Crippen LogP contribution >= 0.6 is 0 Å². The molecule has 0 spiro atoms. The first kappa shape index (κ1) is 18.4. The highest BCUT2D eigenvalue weighted by atomic mass is 16.5. The summed E-state index contributed by atoms with van der Waals surface area (Å²) in [7, 11) is 0. The van der Waals surface area contributed by atoms with Crippen molar-refractivity contribution in [1.29, 1.82) is 0 Å². The van der Waals surface area contributed by atoms with Crippen molar-refractivity contribution >= 4 is 5.91 Å². The highest BCUT2D eigenvalue weighted by Gasteiger charge is 2.35. The van der Waals surface area contributed by atoms with Crippen LogP contribution in [0.15, 0.2) is 48.7 Å². The van der Waals surface area contributed by atoms with Crippen LogP contribution in [-0.2, 0) is 16.0 Å². The molecular weight excluding hydrogens is 332 g/mol. The third-order valence-electron chi connectivity index (χ3n) is 4.27. The van der Waals surface area contributed by atoms with E-state index in [-0.39, 0.29) is 32.1 Å². The third kappa shape index (κ3) is 5.03. The predicted molar refractivity (Wildman–Crippen MR) is 97.0 cm³/mol. The molecule has 0 aliphatic carbocycles. The monoisotopic (exact) mass is 356 g/mol. The van der Waals surface area contributed by atoms with Crippen LogP contribution in [0.25, 0.3) is 0 Å². The summed E-state index contributed by atoms with van der Waals surface area (Å²) < 4.78 is 11.2. The van der Waals surface area contributed by atoms with Gasteiger partial charge in [-0.15, -0.1) is 0 Å². The Morgan fingerprint density at radius 3 is 2.85 bits per heavy atom. The Balaban J connectivity index is 1.62. The molecule has 1 saturated heterocycles. The minimum Gasteiger partial charge on any atom is -0.490 e. The summed E-state index contributed by atoms with van der Waals surface area (Å²) in [5, 5.41) is 10.9. The van der Waals surface area contributed by atoms with Crippen LogP contribution in [-0.4, -0.2) is 59.4 Å². The van der Waals surface area contributed by atoms with E-state index < -0.39 is 5.60 Å². The highest BCUT2D eigenvalue weighted by molar-refractivity contribution is 5.78. The lowest BCUT2D eigenvalue weighted by molar-refractivity contribution is -0.134. The minimum absolute atomic E-state index is 0.0591. The molecule has 6 nitrogen and oxygen atoms in total. The third-order valence-corrected chi connectivity index (χ3v) is 4.27. The maximum Gasteiger partial charge on any atom is 0.228 e. The van der Waals surface area contributed by atoms with Gasteiger partial charge in [-0.1, -0.05) is 24.3 Å². The molecule has 138 valence electrons. The number of aliphatic hydroxyl groups is 1. The number of aryl methyl sites for hydroxylation is 1. The zero-order valence-corrected chi connectivity index (χ0v) is 14.9. The lowest BCUT2D eigenvalue weighted by Crippen LogP contribution is -2.50. The summed E-state index contributed by atoms with van der Waals surface area (Å²) in [5.41, 5.74) is 0.523. The quantitative estimate of drug-likeness (QED) is 0.881. The maximum absolute atomic E-state index is 12.6. The van der Waals surface area contributed by atoms with E-state index in [1.54, 1.807) is 11.1 Å². The SMILES string of the molecule is Cc1ccc(CC(=O)N2CCOC[C@@](O)(COc3ccccc3)C2)nc1. The summed E-state index contributed by atoms with van der Waals surface area (Å²) in [6.45, 7) is 3.15. The Morgan fingerprint density at radius 2 is 2.12 bits per heavy atom. The van der Waals surface area contributed by atoms with E-state index in [0.29, 0.717) is 18.9 Å². The Hall–Kier alpha value is -2.44. The fourth-order valence-corrected chi connectivity index (χ4v) is 2.82. The molecule has 1 aromatic carbocycles. The summed E-state index contributed by atoms with van der Waals surface area (Å²) >= 11 is 0.